The number of carbonyl (C=O) groups excluding carboxylic acids is 1. The zero-order valence-electron chi connectivity index (χ0n) is 10.9. The molecule has 22 heavy (non-hydrogen) atoms. The standard InChI is InChI=1S/C13H9ClF4N2OS/c14-10-8(15)3-7(4-9(10)20-6-22)5-19-11(21)12(1-2-12)13(16,17)18/h3-4H,1-2,5H2,(H,19,21). The third kappa shape index (κ3) is 3.14. The molecule has 118 valence electrons. The van der Waals surface area contributed by atoms with Crippen molar-refractivity contribution in [2.75, 3.05) is 0 Å². The summed E-state index contributed by atoms with van der Waals surface area (Å²) in [5.41, 5.74) is -2.09. The monoisotopic (exact) mass is 352 g/mol. The highest BCUT2D eigenvalue weighted by molar-refractivity contribution is 7.78. The molecule has 1 amide bonds. The first kappa shape index (κ1) is 16.9. The summed E-state index contributed by atoms with van der Waals surface area (Å²) < 4.78 is 51.9. The molecule has 1 aliphatic rings. The number of rotatable bonds is 4. The fourth-order valence-corrected chi connectivity index (χ4v) is 2.23. The first-order valence-corrected chi connectivity index (χ1v) is 6.91. The maximum absolute atomic E-state index is 13.6. The van der Waals surface area contributed by atoms with Gasteiger partial charge in [0, 0.05) is 6.54 Å². The molecule has 1 aliphatic carbocycles. The van der Waals surface area contributed by atoms with Gasteiger partial charge in [0.15, 0.2) is 0 Å². The van der Waals surface area contributed by atoms with E-state index in [0.717, 1.165) is 6.07 Å². The number of carbonyl (C=O) groups is 1. The third-order valence-corrected chi connectivity index (χ3v) is 3.88. The van der Waals surface area contributed by atoms with E-state index in [1.807, 2.05) is 5.16 Å². The van der Waals surface area contributed by atoms with Crippen LogP contribution in [0.4, 0.5) is 23.2 Å². The van der Waals surface area contributed by atoms with E-state index in [9.17, 15) is 22.4 Å². The molecule has 1 aromatic carbocycles. The zero-order valence-corrected chi connectivity index (χ0v) is 12.5. The van der Waals surface area contributed by atoms with Crippen molar-refractivity contribution in [3.8, 4) is 0 Å². The molecule has 0 bridgehead atoms. The predicted octanol–water partition coefficient (Wildman–Crippen LogP) is 4.17. The van der Waals surface area contributed by atoms with E-state index >= 15 is 0 Å². The van der Waals surface area contributed by atoms with E-state index in [0.29, 0.717) is 0 Å². The fourth-order valence-electron chi connectivity index (χ4n) is 1.98. The molecule has 0 radical (unpaired) electrons. The number of halogens is 5. The van der Waals surface area contributed by atoms with E-state index in [-0.39, 0.29) is 35.7 Å². The van der Waals surface area contributed by atoms with Crippen LogP contribution in [0.25, 0.3) is 0 Å². The SMILES string of the molecule is O=C(NCc1cc(F)c(Cl)c(N=C=S)c1)C1(C(F)(F)F)CC1. The van der Waals surface area contributed by atoms with Gasteiger partial charge in [-0.1, -0.05) is 11.6 Å². The van der Waals surface area contributed by atoms with Crippen LogP contribution < -0.4 is 5.32 Å². The topological polar surface area (TPSA) is 41.5 Å². The first-order chi connectivity index (χ1) is 10.2. The second kappa shape index (κ2) is 5.95. The van der Waals surface area contributed by atoms with Gasteiger partial charge < -0.3 is 5.32 Å². The van der Waals surface area contributed by atoms with Gasteiger partial charge in [0.25, 0.3) is 0 Å². The van der Waals surface area contributed by atoms with Crippen molar-refractivity contribution in [2.45, 2.75) is 25.6 Å². The van der Waals surface area contributed by atoms with Gasteiger partial charge in [0.2, 0.25) is 5.91 Å². The molecule has 1 saturated carbocycles. The molecule has 2 rings (SSSR count). The predicted molar refractivity (Wildman–Crippen MR) is 75.7 cm³/mol. The van der Waals surface area contributed by atoms with Gasteiger partial charge in [0.1, 0.15) is 16.3 Å². The largest absolute Gasteiger partial charge is 0.403 e. The van der Waals surface area contributed by atoms with Crippen molar-refractivity contribution in [3.05, 3.63) is 28.5 Å². The number of amides is 1. The lowest BCUT2D eigenvalue weighted by molar-refractivity contribution is -0.192. The molecular formula is C13H9ClF4N2OS. The van der Waals surface area contributed by atoms with Crippen LogP contribution in [0, 0.1) is 11.2 Å². The summed E-state index contributed by atoms with van der Waals surface area (Å²) in [6.07, 6.45) is -5.06. The lowest BCUT2D eigenvalue weighted by Gasteiger charge is -2.18. The zero-order chi connectivity index (χ0) is 16.5. The average Bonchev–Trinajstić information content (AvgIpc) is 3.22. The summed E-state index contributed by atoms with van der Waals surface area (Å²) in [7, 11) is 0. The van der Waals surface area contributed by atoms with E-state index in [2.05, 4.69) is 22.5 Å². The maximum Gasteiger partial charge on any atom is 0.403 e. The van der Waals surface area contributed by atoms with E-state index in [4.69, 9.17) is 11.6 Å². The molecule has 0 atom stereocenters. The van der Waals surface area contributed by atoms with Crippen LogP contribution in [0.3, 0.4) is 0 Å². The summed E-state index contributed by atoms with van der Waals surface area (Å²) in [4.78, 5) is 15.3. The first-order valence-electron chi connectivity index (χ1n) is 6.12. The van der Waals surface area contributed by atoms with Crippen LogP contribution >= 0.6 is 23.8 Å². The lowest BCUT2D eigenvalue weighted by Crippen LogP contribution is -2.40. The number of benzene rings is 1. The van der Waals surface area contributed by atoms with Gasteiger partial charge in [-0.3, -0.25) is 4.79 Å². The van der Waals surface area contributed by atoms with Gasteiger partial charge in [-0.25, -0.2) is 4.39 Å². The van der Waals surface area contributed by atoms with Gasteiger partial charge in [-0.2, -0.15) is 18.2 Å². The van der Waals surface area contributed by atoms with Crippen molar-refractivity contribution in [1.29, 1.82) is 0 Å². The minimum Gasteiger partial charge on any atom is -0.351 e. The minimum absolute atomic E-state index is 0.00197. The van der Waals surface area contributed by atoms with Crippen LogP contribution in [0.5, 0.6) is 0 Å². The molecular weight excluding hydrogens is 344 g/mol. The van der Waals surface area contributed by atoms with E-state index < -0.39 is 23.3 Å². The molecule has 1 aromatic rings. The third-order valence-electron chi connectivity index (χ3n) is 3.42. The van der Waals surface area contributed by atoms with Gasteiger partial charge in [-0.05, 0) is 42.8 Å². The number of nitrogens with one attached hydrogen (secondary N) is 1. The number of aliphatic imine (C=N–C) groups is 1. The maximum atomic E-state index is 13.6. The Kier molecular flexibility index (Phi) is 4.56. The molecule has 0 spiro atoms. The number of alkyl halides is 3. The Labute approximate surface area is 133 Å². The smallest absolute Gasteiger partial charge is 0.351 e. The molecule has 3 nitrogen and oxygen atoms in total. The Balaban J connectivity index is 2.13. The number of nitrogens with zero attached hydrogens (tertiary/aromatic N) is 1. The molecule has 1 fully saturated rings. The van der Waals surface area contributed by atoms with E-state index in [1.165, 1.54) is 6.07 Å². The summed E-state index contributed by atoms with van der Waals surface area (Å²) in [5, 5.41) is 3.91. The van der Waals surface area contributed by atoms with Gasteiger partial charge in [-0.15, -0.1) is 0 Å². The Morgan fingerprint density at radius 2 is 2.09 bits per heavy atom. The Morgan fingerprint density at radius 1 is 1.45 bits per heavy atom. The summed E-state index contributed by atoms with van der Waals surface area (Å²) in [5.74, 6) is -1.93. The van der Waals surface area contributed by atoms with Crippen LogP contribution in [-0.2, 0) is 11.3 Å². The molecule has 9 heteroatoms. The quantitative estimate of drug-likeness (QED) is 0.502. The fraction of sp³-hybridized carbons (Fsp3) is 0.385. The van der Waals surface area contributed by atoms with Crippen molar-refractivity contribution < 1.29 is 22.4 Å². The summed E-state index contributed by atoms with van der Waals surface area (Å²) in [6.45, 7) is -0.273. The van der Waals surface area contributed by atoms with Crippen molar-refractivity contribution in [2.24, 2.45) is 10.4 Å². The number of hydrogen-bond acceptors (Lipinski definition) is 3. The highest BCUT2D eigenvalue weighted by Gasteiger charge is 2.68. The highest BCUT2D eigenvalue weighted by Crippen LogP contribution is 2.57. The summed E-state index contributed by atoms with van der Waals surface area (Å²) >= 11 is 10.0. The van der Waals surface area contributed by atoms with Crippen molar-refractivity contribution >= 4 is 40.6 Å². The van der Waals surface area contributed by atoms with Crippen LogP contribution in [0.15, 0.2) is 17.1 Å². The minimum atomic E-state index is -4.59. The Bertz CT molecular complexity index is 667. The molecule has 0 aliphatic heterocycles. The van der Waals surface area contributed by atoms with Gasteiger partial charge >= 0.3 is 6.18 Å². The van der Waals surface area contributed by atoms with Gasteiger partial charge in [0.05, 0.1) is 10.8 Å². The molecule has 1 N–H and O–H groups in total. The van der Waals surface area contributed by atoms with E-state index in [1.54, 1.807) is 0 Å². The lowest BCUT2D eigenvalue weighted by atomic mass is 10.1. The van der Waals surface area contributed by atoms with Crippen LogP contribution in [-0.4, -0.2) is 17.2 Å². The number of isothiocyanates is 1. The number of thiocarbonyl (C=S) groups is 1. The second-order valence-corrected chi connectivity index (χ2v) is 5.44. The molecule has 0 heterocycles. The number of hydrogen-bond donors (Lipinski definition) is 1. The Hall–Kier alpha value is -1.50. The normalized spacial score (nSPS) is 15.9. The van der Waals surface area contributed by atoms with Crippen LogP contribution in [0.2, 0.25) is 5.02 Å². The van der Waals surface area contributed by atoms with Crippen molar-refractivity contribution in [3.63, 3.8) is 0 Å². The average molecular weight is 353 g/mol. The molecule has 0 aromatic heterocycles. The van der Waals surface area contributed by atoms with Crippen molar-refractivity contribution in [1.82, 2.24) is 5.32 Å². The molecule has 0 unspecified atom stereocenters. The molecule has 0 saturated heterocycles. The highest BCUT2D eigenvalue weighted by atomic mass is 35.5. The Morgan fingerprint density at radius 3 is 2.59 bits per heavy atom. The summed E-state index contributed by atoms with van der Waals surface area (Å²) in [6, 6.07) is 2.33. The van der Waals surface area contributed by atoms with Crippen LogP contribution in [0.1, 0.15) is 18.4 Å². The second-order valence-electron chi connectivity index (χ2n) is 4.88.